The van der Waals surface area contributed by atoms with Crippen LogP contribution in [0.5, 0.6) is 17.2 Å². The predicted octanol–water partition coefficient (Wildman–Crippen LogP) is 3.20. The Hall–Kier alpha value is -3.32. The van der Waals surface area contributed by atoms with E-state index >= 15 is 0 Å². The van der Waals surface area contributed by atoms with E-state index < -0.39 is 18.4 Å². The molecule has 3 N–H and O–H groups in total. The molecule has 0 bridgehead atoms. The van der Waals surface area contributed by atoms with Crippen LogP contribution in [-0.2, 0) is 4.79 Å². The third-order valence-corrected chi connectivity index (χ3v) is 3.65. The Morgan fingerprint density at radius 2 is 1.88 bits per heavy atom. The van der Waals surface area contributed by atoms with Gasteiger partial charge in [0.15, 0.2) is 5.69 Å². The molecule has 0 radical (unpaired) electrons. The number of hydrogen-bond donors (Lipinski definition) is 3. The Morgan fingerprint density at radius 1 is 1.12 bits per heavy atom. The predicted molar refractivity (Wildman–Crippen MR) is 94.9 cm³/mol. The van der Waals surface area contributed by atoms with Crippen molar-refractivity contribution < 1.29 is 24.5 Å². The number of fused-ring (bicyclic) bond motifs is 1. The maximum Gasteiger partial charge on any atom is 0.322 e. The van der Waals surface area contributed by atoms with Crippen molar-refractivity contribution in [2.75, 3.05) is 6.54 Å². The number of aromatic hydroxyl groups is 1. The first-order valence-electron chi connectivity index (χ1n) is 7.49. The van der Waals surface area contributed by atoms with Crippen molar-refractivity contribution in [2.24, 2.45) is 0 Å². The molecule has 3 aromatic rings. The minimum Gasteiger partial charge on any atom is -0.505 e. The summed E-state index contributed by atoms with van der Waals surface area (Å²) < 4.78 is 5.71. The zero-order valence-corrected chi connectivity index (χ0v) is 14.0. The van der Waals surface area contributed by atoms with Crippen LogP contribution >= 0.6 is 11.6 Å². The van der Waals surface area contributed by atoms with E-state index in [0.717, 1.165) is 0 Å². The molecule has 3 rings (SSSR count). The fourth-order valence-corrected chi connectivity index (χ4v) is 2.46. The van der Waals surface area contributed by atoms with Gasteiger partial charge in [-0.3, -0.25) is 9.59 Å². The molecule has 26 heavy (non-hydrogen) atoms. The molecule has 0 saturated carbocycles. The number of nitrogens with zero attached hydrogens (tertiary/aromatic N) is 1. The van der Waals surface area contributed by atoms with Crippen LogP contribution in [0.1, 0.15) is 10.5 Å². The highest BCUT2D eigenvalue weighted by Gasteiger charge is 2.15. The molecule has 0 unspecified atom stereocenters. The van der Waals surface area contributed by atoms with Crippen molar-refractivity contribution in [3.63, 3.8) is 0 Å². The van der Waals surface area contributed by atoms with Crippen molar-refractivity contribution in [1.29, 1.82) is 0 Å². The molecule has 2 aromatic carbocycles. The average Bonchev–Trinajstić information content (AvgIpc) is 2.59. The lowest BCUT2D eigenvalue weighted by Gasteiger charge is -2.09. The van der Waals surface area contributed by atoms with E-state index in [2.05, 4.69) is 10.3 Å². The molecule has 7 nitrogen and oxygen atoms in total. The molecule has 0 saturated heterocycles. The summed E-state index contributed by atoms with van der Waals surface area (Å²) in [7, 11) is 0. The largest absolute Gasteiger partial charge is 0.505 e. The third kappa shape index (κ3) is 4.01. The number of amides is 1. The highest BCUT2D eigenvalue weighted by atomic mass is 35.5. The maximum absolute atomic E-state index is 11.9. The van der Waals surface area contributed by atoms with Gasteiger partial charge >= 0.3 is 5.97 Å². The molecular weight excluding hydrogens is 360 g/mol. The summed E-state index contributed by atoms with van der Waals surface area (Å²) in [5, 5.41) is 21.9. The van der Waals surface area contributed by atoms with Crippen LogP contribution in [0.2, 0.25) is 5.02 Å². The summed E-state index contributed by atoms with van der Waals surface area (Å²) in [6.45, 7) is -0.565. The molecule has 0 aliphatic carbocycles. The standard InChI is InChI=1S/C18H13ClN2O5/c19-11-2-1-3-12(8-11)26-13-4-5-14-10(6-13)7-15(22)17(21-14)18(25)20-9-16(23)24/h1-8,22H,9H2,(H,20,25)(H,23,24). The molecule has 0 aliphatic rings. The highest BCUT2D eigenvalue weighted by Crippen LogP contribution is 2.29. The van der Waals surface area contributed by atoms with E-state index in [0.29, 0.717) is 27.4 Å². The smallest absolute Gasteiger partial charge is 0.322 e. The van der Waals surface area contributed by atoms with Crippen molar-refractivity contribution >= 4 is 34.4 Å². The van der Waals surface area contributed by atoms with Gasteiger partial charge in [-0.15, -0.1) is 0 Å². The summed E-state index contributed by atoms with van der Waals surface area (Å²) in [6.07, 6.45) is 0. The van der Waals surface area contributed by atoms with Crippen molar-refractivity contribution in [3.05, 3.63) is 59.2 Å². The minimum absolute atomic E-state index is 0.248. The van der Waals surface area contributed by atoms with E-state index in [9.17, 15) is 14.7 Å². The number of carbonyl (C=O) groups is 2. The van der Waals surface area contributed by atoms with E-state index in [-0.39, 0.29) is 11.4 Å². The molecule has 0 fully saturated rings. The number of halogens is 1. The molecular formula is C18H13ClN2O5. The SMILES string of the molecule is O=C(O)CNC(=O)c1nc2ccc(Oc3cccc(Cl)c3)cc2cc1O. The van der Waals surface area contributed by atoms with Crippen LogP contribution in [-0.4, -0.2) is 33.6 Å². The maximum atomic E-state index is 11.9. The topological polar surface area (TPSA) is 109 Å². The van der Waals surface area contributed by atoms with Gasteiger partial charge in [0.2, 0.25) is 0 Å². The Balaban J connectivity index is 1.88. The molecule has 1 amide bonds. The molecule has 1 heterocycles. The first-order chi connectivity index (χ1) is 12.4. The van der Waals surface area contributed by atoms with Crippen LogP contribution in [0.3, 0.4) is 0 Å². The third-order valence-electron chi connectivity index (χ3n) is 3.41. The summed E-state index contributed by atoms with van der Waals surface area (Å²) in [6, 6.07) is 13.2. The van der Waals surface area contributed by atoms with Crippen molar-refractivity contribution in [1.82, 2.24) is 10.3 Å². The van der Waals surface area contributed by atoms with Gasteiger partial charge in [0.05, 0.1) is 5.52 Å². The van der Waals surface area contributed by atoms with E-state index in [1.54, 1.807) is 42.5 Å². The Labute approximate surface area is 152 Å². The number of benzene rings is 2. The second-order valence-corrected chi connectivity index (χ2v) is 5.78. The Bertz CT molecular complexity index is 1010. The average molecular weight is 373 g/mol. The van der Waals surface area contributed by atoms with Crippen LogP contribution in [0.4, 0.5) is 0 Å². The summed E-state index contributed by atoms with van der Waals surface area (Å²) in [5.41, 5.74) is 0.198. The Morgan fingerprint density at radius 3 is 2.62 bits per heavy atom. The lowest BCUT2D eigenvalue weighted by atomic mass is 10.1. The number of carboxylic acid groups (broad SMARTS) is 1. The van der Waals surface area contributed by atoms with Gasteiger partial charge in [-0.25, -0.2) is 4.98 Å². The lowest BCUT2D eigenvalue weighted by molar-refractivity contribution is -0.135. The first-order valence-corrected chi connectivity index (χ1v) is 7.87. The van der Waals surface area contributed by atoms with Crippen molar-refractivity contribution in [3.8, 4) is 17.2 Å². The van der Waals surface area contributed by atoms with E-state index in [4.69, 9.17) is 21.4 Å². The van der Waals surface area contributed by atoms with Gasteiger partial charge in [0.25, 0.3) is 5.91 Å². The Kier molecular flexibility index (Phi) is 4.90. The fourth-order valence-electron chi connectivity index (χ4n) is 2.28. The molecule has 132 valence electrons. The minimum atomic E-state index is -1.19. The number of aromatic nitrogens is 1. The van der Waals surface area contributed by atoms with Gasteiger partial charge in [-0.05, 0) is 42.5 Å². The fraction of sp³-hybridized carbons (Fsp3) is 0.0556. The van der Waals surface area contributed by atoms with Crippen LogP contribution in [0.25, 0.3) is 10.9 Å². The van der Waals surface area contributed by atoms with Gasteiger partial charge in [0.1, 0.15) is 23.8 Å². The summed E-state index contributed by atoms with van der Waals surface area (Å²) >= 11 is 5.92. The number of rotatable bonds is 5. The van der Waals surface area contributed by atoms with Crippen molar-refractivity contribution in [2.45, 2.75) is 0 Å². The number of pyridine rings is 1. The second-order valence-electron chi connectivity index (χ2n) is 5.35. The number of carbonyl (C=O) groups excluding carboxylic acids is 1. The van der Waals surface area contributed by atoms with Gasteiger partial charge in [0, 0.05) is 10.4 Å². The zero-order valence-electron chi connectivity index (χ0n) is 13.3. The number of carboxylic acids is 1. The van der Waals surface area contributed by atoms with Crippen LogP contribution < -0.4 is 10.1 Å². The molecule has 0 aliphatic heterocycles. The summed E-state index contributed by atoms with van der Waals surface area (Å²) in [4.78, 5) is 26.5. The number of ether oxygens (including phenoxy) is 1. The highest BCUT2D eigenvalue weighted by molar-refractivity contribution is 6.30. The van der Waals surface area contributed by atoms with Crippen LogP contribution in [0.15, 0.2) is 48.5 Å². The first kappa shape index (κ1) is 17.5. The molecule has 8 heteroatoms. The molecule has 0 atom stereocenters. The van der Waals surface area contributed by atoms with E-state index in [1.165, 1.54) is 6.07 Å². The zero-order chi connectivity index (χ0) is 18.7. The second kappa shape index (κ2) is 7.28. The quantitative estimate of drug-likeness (QED) is 0.634. The molecule has 0 spiro atoms. The van der Waals surface area contributed by atoms with Gasteiger partial charge in [-0.1, -0.05) is 17.7 Å². The monoisotopic (exact) mass is 372 g/mol. The van der Waals surface area contributed by atoms with Crippen LogP contribution in [0, 0.1) is 0 Å². The number of aliphatic carboxylic acids is 1. The molecule has 1 aromatic heterocycles. The van der Waals surface area contributed by atoms with Gasteiger partial charge < -0.3 is 20.3 Å². The van der Waals surface area contributed by atoms with E-state index in [1.807, 2.05) is 0 Å². The normalized spacial score (nSPS) is 10.5. The number of nitrogens with one attached hydrogen (secondary N) is 1. The lowest BCUT2D eigenvalue weighted by Crippen LogP contribution is -2.29. The van der Waals surface area contributed by atoms with Gasteiger partial charge in [-0.2, -0.15) is 0 Å². The summed E-state index contributed by atoms with van der Waals surface area (Å²) in [5.74, 6) is -1.27. The number of hydrogen-bond acceptors (Lipinski definition) is 5.